The van der Waals surface area contributed by atoms with Crippen molar-refractivity contribution in [2.75, 3.05) is 18.9 Å². The van der Waals surface area contributed by atoms with Gasteiger partial charge in [-0.05, 0) is 23.6 Å². The molecule has 130 valence electrons. The van der Waals surface area contributed by atoms with E-state index in [1.54, 1.807) is 6.07 Å². The van der Waals surface area contributed by atoms with Gasteiger partial charge in [0.2, 0.25) is 5.91 Å². The van der Waals surface area contributed by atoms with Gasteiger partial charge >= 0.3 is 0 Å². The zero-order valence-electron chi connectivity index (χ0n) is 13.3. The van der Waals surface area contributed by atoms with Crippen molar-refractivity contribution in [3.05, 3.63) is 58.9 Å². The number of nitrogens with one attached hydrogen (secondary N) is 1. The summed E-state index contributed by atoms with van der Waals surface area (Å²) in [6.45, 7) is -0.291. The van der Waals surface area contributed by atoms with Gasteiger partial charge in [0, 0.05) is 18.1 Å². The highest BCUT2D eigenvalue weighted by Crippen LogP contribution is 2.28. The number of benzene rings is 2. The third-order valence-corrected chi connectivity index (χ3v) is 7.15. The number of thiophene rings is 1. The Bertz CT molecular complexity index is 1030. The fourth-order valence-electron chi connectivity index (χ4n) is 2.40. The molecule has 0 bridgehead atoms. The van der Waals surface area contributed by atoms with Crippen LogP contribution >= 0.6 is 22.9 Å². The van der Waals surface area contributed by atoms with Gasteiger partial charge in [0.1, 0.15) is 4.21 Å². The van der Waals surface area contributed by atoms with Gasteiger partial charge in [-0.1, -0.05) is 48.0 Å². The largest absolute Gasteiger partial charge is 0.324 e. The molecule has 5 nitrogen and oxygen atoms in total. The number of sulfonamides is 1. The minimum atomic E-state index is -3.74. The second-order valence-corrected chi connectivity index (χ2v) is 9.38. The number of rotatable bonds is 5. The second kappa shape index (κ2) is 7.13. The van der Waals surface area contributed by atoms with Crippen LogP contribution in [0, 0.1) is 0 Å². The molecule has 0 aliphatic carbocycles. The first-order valence-corrected chi connectivity index (χ1v) is 10.0. The Kier molecular flexibility index (Phi) is 5.10. The zero-order valence-corrected chi connectivity index (χ0v) is 15.7. The number of likely N-dealkylation sites (N-methyl/N-ethyl adjacent to an activating group) is 1. The number of halogens is 1. The summed E-state index contributed by atoms with van der Waals surface area (Å²) < 4.78 is 26.4. The van der Waals surface area contributed by atoms with E-state index in [0.717, 1.165) is 26.4 Å². The molecule has 2 aromatic carbocycles. The Morgan fingerprint density at radius 1 is 1.12 bits per heavy atom. The molecule has 0 saturated heterocycles. The van der Waals surface area contributed by atoms with Gasteiger partial charge in [0.15, 0.2) is 0 Å². The lowest BCUT2D eigenvalue weighted by molar-refractivity contribution is -0.116. The smallest absolute Gasteiger partial charge is 0.252 e. The SMILES string of the molecule is CN(CC(=O)Nc1cccc2ccccc12)S(=O)(=O)c1ccc(Cl)s1. The summed E-state index contributed by atoms with van der Waals surface area (Å²) in [5, 5.41) is 4.67. The number of carbonyl (C=O) groups excluding carboxylic acids is 1. The number of carbonyl (C=O) groups is 1. The van der Waals surface area contributed by atoms with Crippen molar-refractivity contribution < 1.29 is 13.2 Å². The first-order chi connectivity index (χ1) is 11.9. The van der Waals surface area contributed by atoms with Crippen molar-refractivity contribution in [1.82, 2.24) is 4.31 Å². The van der Waals surface area contributed by atoms with E-state index in [-0.39, 0.29) is 10.8 Å². The summed E-state index contributed by atoms with van der Waals surface area (Å²) in [7, 11) is -2.37. The van der Waals surface area contributed by atoms with Gasteiger partial charge in [-0.25, -0.2) is 8.42 Å². The Morgan fingerprint density at radius 2 is 1.84 bits per heavy atom. The summed E-state index contributed by atoms with van der Waals surface area (Å²) in [4.78, 5) is 12.3. The summed E-state index contributed by atoms with van der Waals surface area (Å²) in [6.07, 6.45) is 0. The second-order valence-electron chi connectivity index (χ2n) is 5.39. The molecule has 0 fully saturated rings. The molecule has 8 heteroatoms. The maximum Gasteiger partial charge on any atom is 0.252 e. The molecule has 1 N–H and O–H groups in total. The van der Waals surface area contributed by atoms with Crippen LogP contribution in [0.4, 0.5) is 5.69 Å². The van der Waals surface area contributed by atoms with E-state index in [2.05, 4.69) is 5.32 Å². The van der Waals surface area contributed by atoms with Crippen LogP contribution in [0.3, 0.4) is 0 Å². The molecule has 1 aromatic heterocycles. The Labute approximate surface area is 154 Å². The summed E-state index contributed by atoms with van der Waals surface area (Å²) in [5.74, 6) is -0.412. The Balaban J connectivity index is 1.76. The van der Waals surface area contributed by atoms with Crippen LogP contribution in [0.1, 0.15) is 0 Å². The van der Waals surface area contributed by atoms with Gasteiger partial charge in [-0.15, -0.1) is 11.3 Å². The molecule has 0 atom stereocenters. The van der Waals surface area contributed by atoms with E-state index in [9.17, 15) is 13.2 Å². The molecule has 3 rings (SSSR count). The third-order valence-electron chi connectivity index (χ3n) is 3.64. The minimum Gasteiger partial charge on any atom is -0.324 e. The molecule has 0 unspecified atom stereocenters. The highest BCUT2D eigenvalue weighted by molar-refractivity contribution is 7.91. The fraction of sp³-hybridized carbons (Fsp3) is 0.118. The maximum atomic E-state index is 12.4. The molecule has 25 heavy (non-hydrogen) atoms. The molecular formula is C17H15ClN2O3S2. The van der Waals surface area contributed by atoms with Crippen LogP contribution in [0.2, 0.25) is 4.34 Å². The van der Waals surface area contributed by atoms with Gasteiger partial charge in [0.05, 0.1) is 10.9 Å². The van der Waals surface area contributed by atoms with Crippen molar-refractivity contribution in [2.45, 2.75) is 4.21 Å². The highest BCUT2D eigenvalue weighted by Gasteiger charge is 2.24. The van der Waals surface area contributed by atoms with Crippen LogP contribution in [0.5, 0.6) is 0 Å². The molecule has 3 aromatic rings. The first-order valence-electron chi connectivity index (χ1n) is 7.37. The summed E-state index contributed by atoms with van der Waals surface area (Å²) in [6, 6.07) is 16.2. The molecule has 0 spiro atoms. The van der Waals surface area contributed by atoms with Gasteiger partial charge in [0.25, 0.3) is 10.0 Å². The lowest BCUT2D eigenvalue weighted by atomic mass is 10.1. The lowest BCUT2D eigenvalue weighted by Gasteiger charge is -2.16. The van der Waals surface area contributed by atoms with Crippen LogP contribution in [0.15, 0.2) is 58.8 Å². The Morgan fingerprint density at radius 3 is 2.56 bits per heavy atom. The number of amides is 1. The van der Waals surface area contributed by atoms with E-state index in [4.69, 9.17) is 11.6 Å². The van der Waals surface area contributed by atoms with Gasteiger partial charge < -0.3 is 5.32 Å². The molecule has 0 aliphatic heterocycles. The molecule has 1 amide bonds. The zero-order chi connectivity index (χ0) is 18.0. The van der Waals surface area contributed by atoms with Crippen LogP contribution in [0.25, 0.3) is 10.8 Å². The maximum absolute atomic E-state index is 12.4. The van der Waals surface area contributed by atoms with Crippen molar-refractivity contribution in [3.63, 3.8) is 0 Å². The normalized spacial score (nSPS) is 11.8. The molecule has 0 saturated carbocycles. The monoisotopic (exact) mass is 394 g/mol. The van der Waals surface area contributed by atoms with Crippen molar-refractivity contribution in [1.29, 1.82) is 0 Å². The predicted octanol–water partition coefficient (Wildman–Crippen LogP) is 3.81. The minimum absolute atomic E-state index is 0.109. The van der Waals surface area contributed by atoms with Crippen molar-refractivity contribution >= 4 is 55.3 Å². The number of hydrogen-bond acceptors (Lipinski definition) is 4. The summed E-state index contributed by atoms with van der Waals surface area (Å²) in [5.41, 5.74) is 0.646. The van der Waals surface area contributed by atoms with E-state index in [0.29, 0.717) is 10.0 Å². The molecule has 0 radical (unpaired) electrons. The molecule has 1 heterocycles. The average Bonchev–Trinajstić information content (AvgIpc) is 3.02. The topological polar surface area (TPSA) is 66.5 Å². The number of fused-ring (bicyclic) bond motifs is 1. The number of hydrogen-bond donors (Lipinski definition) is 1. The third kappa shape index (κ3) is 3.85. The number of nitrogens with zero attached hydrogens (tertiary/aromatic N) is 1. The van der Waals surface area contributed by atoms with E-state index < -0.39 is 15.9 Å². The number of anilines is 1. The quantitative estimate of drug-likeness (QED) is 0.715. The lowest BCUT2D eigenvalue weighted by Crippen LogP contribution is -2.34. The van der Waals surface area contributed by atoms with Crippen LogP contribution in [-0.2, 0) is 14.8 Å². The van der Waals surface area contributed by atoms with Gasteiger partial charge in [-0.3, -0.25) is 4.79 Å². The Hall–Kier alpha value is -1.93. The van der Waals surface area contributed by atoms with Crippen LogP contribution in [-0.4, -0.2) is 32.2 Å². The first kappa shape index (κ1) is 17.9. The standard InChI is InChI=1S/C17H15ClN2O3S2/c1-20(25(22,23)17-10-9-15(18)24-17)11-16(21)19-14-8-4-6-12-5-2-3-7-13(12)14/h2-10H,11H2,1H3,(H,19,21). The average molecular weight is 395 g/mol. The van der Waals surface area contributed by atoms with E-state index >= 15 is 0 Å². The van der Waals surface area contributed by atoms with Crippen LogP contribution < -0.4 is 5.32 Å². The predicted molar refractivity (Wildman–Crippen MR) is 102 cm³/mol. The fourth-order valence-corrected chi connectivity index (χ4v) is 5.22. The van der Waals surface area contributed by atoms with Crippen molar-refractivity contribution in [2.24, 2.45) is 0 Å². The molecule has 0 aliphatic rings. The van der Waals surface area contributed by atoms with Gasteiger partial charge in [-0.2, -0.15) is 4.31 Å². The molecular weight excluding hydrogens is 380 g/mol. The van der Waals surface area contributed by atoms with Crippen molar-refractivity contribution in [3.8, 4) is 0 Å². The van der Waals surface area contributed by atoms with E-state index in [1.165, 1.54) is 19.2 Å². The van der Waals surface area contributed by atoms with E-state index in [1.807, 2.05) is 36.4 Å². The summed E-state index contributed by atoms with van der Waals surface area (Å²) >= 11 is 6.76. The highest BCUT2D eigenvalue weighted by atomic mass is 35.5.